The first kappa shape index (κ1) is 26.6. The third-order valence-corrected chi connectivity index (χ3v) is 7.78. The Kier molecular flexibility index (Phi) is 6.80. The largest absolute Gasteiger partial charge is 1.00 e. The monoisotopic (exact) mass is 556 g/mol. The number of hydrogen-bond acceptors (Lipinski definition) is 3. The zero-order chi connectivity index (χ0) is 25.8. The van der Waals surface area contributed by atoms with Crippen molar-refractivity contribution in [2.24, 2.45) is 0 Å². The Morgan fingerprint density at radius 3 is 2.22 bits per heavy atom. The molecular weight excluding hydrogens is 524 g/mol. The quantitative estimate of drug-likeness (QED) is 0.337. The number of para-hydroxylation sites is 2. The van der Waals surface area contributed by atoms with Gasteiger partial charge in [0.1, 0.15) is 5.76 Å². The Labute approximate surface area is 230 Å². The topological polar surface area (TPSA) is 43.5 Å². The van der Waals surface area contributed by atoms with Gasteiger partial charge in [-0.1, -0.05) is 62.9 Å². The Balaban J connectivity index is 0.00000320. The number of ketones is 1. The van der Waals surface area contributed by atoms with Gasteiger partial charge in [0, 0.05) is 41.1 Å². The summed E-state index contributed by atoms with van der Waals surface area (Å²) in [6, 6.07) is 16.5. The van der Waals surface area contributed by atoms with Gasteiger partial charge in [-0.05, 0) is 37.6 Å². The number of benzene rings is 2. The lowest BCUT2D eigenvalue weighted by atomic mass is 9.77. The van der Waals surface area contributed by atoms with Crippen molar-refractivity contribution in [3.8, 4) is 0 Å². The molecule has 1 aliphatic carbocycles. The van der Waals surface area contributed by atoms with Crippen LogP contribution in [-0.2, 0) is 15.6 Å². The van der Waals surface area contributed by atoms with Crippen molar-refractivity contribution in [3.63, 3.8) is 0 Å². The molecule has 0 spiro atoms. The number of Topliss-reactive ketones (excluding diaryl/α,β-unsaturated/α-hetero) is 1. The van der Waals surface area contributed by atoms with Crippen LogP contribution in [0.2, 0.25) is 0 Å². The van der Waals surface area contributed by atoms with Crippen LogP contribution in [0, 0.1) is 0 Å². The van der Waals surface area contributed by atoms with E-state index in [0.717, 1.165) is 22.8 Å². The minimum Gasteiger partial charge on any atom is -1.00 e. The van der Waals surface area contributed by atoms with Gasteiger partial charge in [0.2, 0.25) is 11.5 Å². The molecule has 2 aliphatic heterocycles. The zero-order valence-electron chi connectivity index (χ0n) is 21.9. The van der Waals surface area contributed by atoms with E-state index in [9.17, 15) is 9.90 Å². The smallest absolute Gasteiger partial charge is 0.210 e. The summed E-state index contributed by atoms with van der Waals surface area (Å²) in [5, 5.41) is 11.1. The van der Waals surface area contributed by atoms with E-state index < -0.39 is 0 Å². The summed E-state index contributed by atoms with van der Waals surface area (Å²) in [6.45, 7) is 17.7. The van der Waals surface area contributed by atoms with Crippen LogP contribution in [0.5, 0.6) is 0 Å². The summed E-state index contributed by atoms with van der Waals surface area (Å²) in [7, 11) is 0. The molecule has 0 fully saturated rings. The number of aliphatic hydroxyl groups is 1. The van der Waals surface area contributed by atoms with Gasteiger partial charge < -0.3 is 27.0 Å². The van der Waals surface area contributed by atoms with Gasteiger partial charge in [-0.25, -0.2) is 0 Å². The lowest BCUT2D eigenvalue weighted by molar-refractivity contribution is -0.425. The molecule has 1 N–H and O–H groups in total. The number of aliphatic hydroxyl groups excluding tert-OH is 1. The lowest BCUT2D eigenvalue weighted by Crippen LogP contribution is -3.00. The van der Waals surface area contributed by atoms with Crippen molar-refractivity contribution >= 4 is 22.9 Å². The maximum absolute atomic E-state index is 13.4. The fourth-order valence-corrected chi connectivity index (χ4v) is 5.84. The van der Waals surface area contributed by atoms with Crippen LogP contribution in [0.3, 0.4) is 0 Å². The second-order valence-electron chi connectivity index (χ2n) is 10.6. The Morgan fingerprint density at radius 1 is 0.919 bits per heavy atom. The number of rotatable bonds is 6. The fourth-order valence-electron chi connectivity index (χ4n) is 5.84. The van der Waals surface area contributed by atoms with Gasteiger partial charge in [-0.15, -0.1) is 6.58 Å². The van der Waals surface area contributed by atoms with Crippen molar-refractivity contribution in [2.45, 2.75) is 38.5 Å². The molecule has 5 heteroatoms. The predicted octanol–water partition coefficient (Wildman–Crippen LogP) is 3.44. The second kappa shape index (κ2) is 9.46. The van der Waals surface area contributed by atoms with Crippen LogP contribution in [0.1, 0.15) is 38.8 Å². The average Bonchev–Trinajstić information content (AvgIpc) is 3.20. The summed E-state index contributed by atoms with van der Waals surface area (Å²) < 4.78 is 2.18. The molecule has 0 unspecified atom stereocenters. The number of carbonyl (C=O) groups is 1. The van der Waals surface area contributed by atoms with Crippen LogP contribution in [0.4, 0.5) is 11.4 Å². The molecule has 0 aromatic heterocycles. The summed E-state index contributed by atoms with van der Waals surface area (Å²) >= 11 is 0. The normalized spacial score (nSPS) is 21.1. The van der Waals surface area contributed by atoms with Crippen LogP contribution in [-0.4, -0.2) is 34.3 Å². The molecule has 2 aromatic carbocycles. The number of nitrogens with zero attached hydrogens (tertiary/aromatic N) is 2. The maximum atomic E-state index is 13.4. The molecule has 5 rings (SSSR count). The van der Waals surface area contributed by atoms with Crippen molar-refractivity contribution < 1.29 is 31.5 Å². The highest BCUT2D eigenvalue weighted by Gasteiger charge is 2.46. The Bertz CT molecular complexity index is 1450. The number of allylic oxidation sites excluding steroid dienone is 5. The van der Waals surface area contributed by atoms with E-state index in [1.807, 2.05) is 48.6 Å². The molecule has 190 valence electrons. The lowest BCUT2D eigenvalue weighted by Gasteiger charge is -2.28. The first-order valence-electron chi connectivity index (χ1n) is 12.4. The van der Waals surface area contributed by atoms with Crippen molar-refractivity contribution in [2.75, 3.05) is 18.0 Å². The van der Waals surface area contributed by atoms with Crippen molar-refractivity contribution in [1.82, 2.24) is 0 Å². The minimum atomic E-state index is -0.308. The molecule has 0 bridgehead atoms. The van der Waals surface area contributed by atoms with Crippen LogP contribution in [0.15, 0.2) is 109 Å². The van der Waals surface area contributed by atoms with Gasteiger partial charge in [-0.2, -0.15) is 4.58 Å². The van der Waals surface area contributed by atoms with E-state index in [4.69, 9.17) is 0 Å². The third kappa shape index (κ3) is 3.88. The van der Waals surface area contributed by atoms with E-state index in [1.165, 1.54) is 11.1 Å². The molecule has 0 saturated carbocycles. The summed E-state index contributed by atoms with van der Waals surface area (Å²) in [4.78, 5) is 15.6. The number of anilines is 1. The predicted molar refractivity (Wildman–Crippen MR) is 147 cm³/mol. The molecule has 2 heterocycles. The summed E-state index contributed by atoms with van der Waals surface area (Å²) in [5.41, 5.74) is 6.66. The highest BCUT2D eigenvalue weighted by molar-refractivity contribution is 6.24. The summed E-state index contributed by atoms with van der Waals surface area (Å²) in [6.07, 6.45) is 7.44. The first-order chi connectivity index (χ1) is 17.1. The number of halogens is 1. The first-order valence-corrected chi connectivity index (χ1v) is 12.4. The Morgan fingerprint density at radius 2 is 1.57 bits per heavy atom. The van der Waals surface area contributed by atoms with Gasteiger partial charge in [0.05, 0.1) is 16.6 Å². The van der Waals surface area contributed by atoms with E-state index in [2.05, 4.69) is 74.6 Å². The standard InChI is InChI=1S/C32H32N2O2.BrH/c1-7-17-33-25-15-11-9-13-23(25)31(3,4)27(33)19-21-29(35)22(30(21)36)20-28-32(5,6)24-14-10-12-16-26(24)34(28)18-8-2;/h7-16,19-20H,1-2,17-18H2,3-6H3;1H. The van der Waals surface area contributed by atoms with Crippen LogP contribution >= 0.6 is 0 Å². The Hall–Kier alpha value is -3.44. The highest BCUT2D eigenvalue weighted by Crippen LogP contribution is 2.49. The average molecular weight is 558 g/mol. The second-order valence-corrected chi connectivity index (χ2v) is 10.6. The van der Waals surface area contributed by atoms with Gasteiger partial charge in [0.25, 0.3) is 0 Å². The number of carbonyl (C=O) groups excluding carboxylic acids is 1. The fraction of sp³-hybridized carbons (Fsp3) is 0.250. The maximum Gasteiger partial charge on any atom is 0.210 e. The SMILES string of the molecule is C=CCN1/C(=C/C2=C(O)C(=C\C3=[N+](CC=C)c4ccccc4C3(C)C)/C2=O)C(C)(C)c2ccccc21.[Br-]. The van der Waals surface area contributed by atoms with Crippen molar-refractivity contribution in [1.29, 1.82) is 0 Å². The van der Waals surface area contributed by atoms with E-state index in [1.54, 1.807) is 0 Å². The molecule has 0 amide bonds. The molecular formula is C32H33BrN2O2. The molecule has 0 atom stereocenters. The summed E-state index contributed by atoms with van der Waals surface area (Å²) in [5.74, 6) is -0.0845. The molecule has 3 aliphatic rings. The van der Waals surface area contributed by atoms with E-state index >= 15 is 0 Å². The molecule has 0 radical (unpaired) electrons. The molecule has 4 nitrogen and oxygen atoms in total. The van der Waals surface area contributed by atoms with E-state index in [-0.39, 0.29) is 39.4 Å². The minimum absolute atomic E-state index is 0. The van der Waals surface area contributed by atoms with Gasteiger partial charge in [-0.3, -0.25) is 4.79 Å². The number of fused-ring (bicyclic) bond motifs is 2. The van der Waals surface area contributed by atoms with Gasteiger partial charge in [0.15, 0.2) is 12.3 Å². The zero-order valence-corrected chi connectivity index (χ0v) is 23.5. The molecule has 37 heavy (non-hydrogen) atoms. The molecule has 0 saturated heterocycles. The van der Waals surface area contributed by atoms with Gasteiger partial charge >= 0.3 is 0 Å². The van der Waals surface area contributed by atoms with Crippen LogP contribution in [0.25, 0.3) is 0 Å². The third-order valence-electron chi connectivity index (χ3n) is 7.78. The number of hydrogen-bond donors (Lipinski definition) is 1. The van der Waals surface area contributed by atoms with Crippen LogP contribution < -0.4 is 21.9 Å². The van der Waals surface area contributed by atoms with Crippen molar-refractivity contribution in [3.05, 3.63) is 120 Å². The highest BCUT2D eigenvalue weighted by atomic mass is 79.9. The molecule has 2 aromatic rings. The van der Waals surface area contributed by atoms with E-state index in [0.29, 0.717) is 24.2 Å².